The standard InChI is InChI=1S/C21H20N2O3S/c1-2-11-3-5-15-13(7-11)8-14-18(22)20(27-21(14)23-15)19(24)12-4-6-16-17(9-12)26-10-25-16/h4,6,8-9,11H,2-3,5,7,10,22H2,1H3/t11-/m1/s1. The number of rotatable bonds is 3. The number of aryl methyl sites for hydroxylation is 1. The summed E-state index contributed by atoms with van der Waals surface area (Å²) in [6.45, 7) is 2.43. The van der Waals surface area contributed by atoms with Crippen molar-refractivity contribution in [1.29, 1.82) is 0 Å². The Hall–Kier alpha value is -2.60. The molecule has 6 heteroatoms. The number of pyridine rings is 1. The van der Waals surface area contributed by atoms with E-state index in [4.69, 9.17) is 20.2 Å². The third-order valence-corrected chi connectivity index (χ3v) is 6.72. The van der Waals surface area contributed by atoms with E-state index in [0.717, 1.165) is 28.8 Å². The summed E-state index contributed by atoms with van der Waals surface area (Å²) < 4.78 is 10.7. The van der Waals surface area contributed by atoms with Gasteiger partial charge in [-0.05, 0) is 55.0 Å². The number of nitrogen functional groups attached to an aromatic ring is 1. The number of hydrogen-bond donors (Lipinski definition) is 1. The molecule has 0 saturated heterocycles. The van der Waals surface area contributed by atoms with Gasteiger partial charge in [-0.25, -0.2) is 4.98 Å². The van der Waals surface area contributed by atoms with E-state index in [2.05, 4.69) is 13.0 Å². The van der Waals surface area contributed by atoms with Crippen LogP contribution in [0, 0.1) is 5.92 Å². The molecule has 2 N–H and O–H groups in total. The molecule has 5 nitrogen and oxygen atoms in total. The van der Waals surface area contributed by atoms with Gasteiger partial charge in [0.15, 0.2) is 11.5 Å². The number of benzene rings is 1. The van der Waals surface area contributed by atoms with Gasteiger partial charge in [-0.1, -0.05) is 13.3 Å². The molecule has 1 atom stereocenters. The van der Waals surface area contributed by atoms with Crippen LogP contribution in [0.2, 0.25) is 0 Å². The minimum Gasteiger partial charge on any atom is -0.454 e. The zero-order valence-electron chi connectivity index (χ0n) is 15.1. The van der Waals surface area contributed by atoms with Gasteiger partial charge < -0.3 is 15.2 Å². The molecule has 138 valence electrons. The lowest BCUT2D eigenvalue weighted by molar-refractivity contribution is 0.104. The smallest absolute Gasteiger partial charge is 0.231 e. The van der Waals surface area contributed by atoms with Crippen LogP contribution in [-0.4, -0.2) is 17.6 Å². The fourth-order valence-corrected chi connectivity index (χ4v) is 5.01. The van der Waals surface area contributed by atoms with Gasteiger partial charge in [0.1, 0.15) is 9.71 Å². The van der Waals surface area contributed by atoms with Gasteiger partial charge >= 0.3 is 0 Å². The Morgan fingerprint density at radius 3 is 3.00 bits per heavy atom. The number of aromatic nitrogens is 1. The first-order valence-corrected chi connectivity index (χ1v) is 10.1. The molecule has 2 aromatic heterocycles. The largest absolute Gasteiger partial charge is 0.454 e. The van der Waals surface area contributed by atoms with Gasteiger partial charge in [-0.15, -0.1) is 11.3 Å². The Kier molecular flexibility index (Phi) is 3.82. The minimum atomic E-state index is -0.0989. The van der Waals surface area contributed by atoms with Crippen LogP contribution in [0.5, 0.6) is 11.5 Å². The molecule has 1 aliphatic heterocycles. The van der Waals surface area contributed by atoms with E-state index in [0.29, 0.717) is 33.5 Å². The molecular formula is C21H20N2O3S. The SMILES string of the molecule is CC[C@@H]1CCc2nc3sc(C(=O)c4ccc5c(c4)OCO5)c(N)c3cc2C1. The van der Waals surface area contributed by atoms with Crippen molar-refractivity contribution in [3.63, 3.8) is 0 Å². The summed E-state index contributed by atoms with van der Waals surface area (Å²) in [5, 5.41) is 0.902. The second-order valence-corrected chi connectivity index (χ2v) is 8.21. The number of ether oxygens (including phenoxy) is 2. The van der Waals surface area contributed by atoms with E-state index < -0.39 is 0 Å². The van der Waals surface area contributed by atoms with E-state index in [-0.39, 0.29) is 12.6 Å². The van der Waals surface area contributed by atoms with Crippen LogP contribution in [0.25, 0.3) is 10.2 Å². The topological polar surface area (TPSA) is 74.4 Å². The average Bonchev–Trinajstić information content (AvgIpc) is 3.29. The van der Waals surface area contributed by atoms with Crippen molar-refractivity contribution in [3.05, 3.63) is 46.0 Å². The summed E-state index contributed by atoms with van der Waals surface area (Å²) in [6, 6.07) is 7.39. The maximum atomic E-state index is 13.1. The molecule has 1 aromatic carbocycles. The summed E-state index contributed by atoms with van der Waals surface area (Å²) >= 11 is 1.38. The summed E-state index contributed by atoms with van der Waals surface area (Å²) in [5.74, 6) is 1.87. The van der Waals surface area contributed by atoms with Gasteiger partial charge in [-0.2, -0.15) is 0 Å². The highest BCUT2D eigenvalue weighted by Crippen LogP contribution is 2.39. The first-order valence-electron chi connectivity index (χ1n) is 9.29. The fraction of sp³-hybridized carbons (Fsp3) is 0.333. The van der Waals surface area contributed by atoms with Crippen molar-refractivity contribution in [1.82, 2.24) is 4.98 Å². The summed E-state index contributed by atoms with van der Waals surface area (Å²) in [5.41, 5.74) is 9.91. The molecule has 0 spiro atoms. The fourth-order valence-electron chi connectivity index (χ4n) is 3.95. The number of anilines is 1. The van der Waals surface area contributed by atoms with Gasteiger partial charge in [0.25, 0.3) is 0 Å². The second kappa shape index (κ2) is 6.23. The molecule has 1 aliphatic carbocycles. The normalized spacial score (nSPS) is 17.9. The lowest BCUT2D eigenvalue weighted by atomic mass is 9.85. The van der Waals surface area contributed by atoms with E-state index in [1.807, 2.05) is 0 Å². The highest BCUT2D eigenvalue weighted by Gasteiger charge is 2.24. The molecule has 0 radical (unpaired) electrons. The Bertz CT molecular complexity index is 1070. The van der Waals surface area contributed by atoms with Crippen LogP contribution in [0.3, 0.4) is 0 Å². The second-order valence-electron chi connectivity index (χ2n) is 7.21. The predicted octanol–water partition coefficient (Wildman–Crippen LogP) is 4.35. The Morgan fingerprint density at radius 2 is 2.15 bits per heavy atom. The molecule has 3 aromatic rings. The molecule has 0 bridgehead atoms. The van der Waals surface area contributed by atoms with Gasteiger partial charge in [0.05, 0.1) is 5.69 Å². The summed E-state index contributed by atoms with van der Waals surface area (Å²) in [4.78, 5) is 19.3. The molecule has 27 heavy (non-hydrogen) atoms. The first-order chi connectivity index (χ1) is 13.1. The molecule has 0 saturated carbocycles. The predicted molar refractivity (Wildman–Crippen MR) is 106 cm³/mol. The summed E-state index contributed by atoms with van der Waals surface area (Å²) in [6.07, 6.45) is 4.43. The summed E-state index contributed by atoms with van der Waals surface area (Å²) in [7, 11) is 0. The molecular weight excluding hydrogens is 360 g/mol. The minimum absolute atomic E-state index is 0.0989. The quantitative estimate of drug-likeness (QED) is 0.684. The van der Waals surface area contributed by atoms with E-state index in [9.17, 15) is 4.79 Å². The van der Waals surface area contributed by atoms with Crippen molar-refractivity contribution in [2.75, 3.05) is 12.5 Å². The highest BCUT2D eigenvalue weighted by molar-refractivity contribution is 7.21. The number of hydrogen-bond acceptors (Lipinski definition) is 6. The average molecular weight is 380 g/mol. The Balaban J connectivity index is 1.56. The van der Waals surface area contributed by atoms with Crippen molar-refractivity contribution >= 4 is 33.0 Å². The van der Waals surface area contributed by atoms with Crippen LogP contribution < -0.4 is 15.2 Å². The van der Waals surface area contributed by atoms with Crippen molar-refractivity contribution in [3.8, 4) is 11.5 Å². The van der Waals surface area contributed by atoms with Crippen LogP contribution >= 0.6 is 11.3 Å². The van der Waals surface area contributed by atoms with E-state index in [1.54, 1.807) is 18.2 Å². The van der Waals surface area contributed by atoms with E-state index >= 15 is 0 Å². The number of thiophene rings is 1. The third kappa shape index (κ3) is 2.67. The molecule has 0 fully saturated rings. The number of nitrogens with two attached hydrogens (primary N) is 1. The zero-order chi connectivity index (χ0) is 18.5. The highest BCUT2D eigenvalue weighted by atomic mass is 32.1. The Morgan fingerprint density at radius 1 is 1.30 bits per heavy atom. The van der Waals surface area contributed by atoms with Gasteiger partial charge in [-0.3, -0.25) is 4.79 Å². The van der Waals surface area contributed by atoms with Gasteiger partial charge in [0.2, 0.25) is 12.6 Å². The third-order valence-electron chi connectivity index (χ3n) is 5.61. The van der Waals surface area contributed by atoms with Gasteiger partial charge in [0, 0.05) is 16.6 Å². The molecule has 2 aliphatic rings. The lowest BCUT2D eigenvalue weighted by Crippen LogP contribution is -2.14. The number of ketones is 1. The maximum absolute atomic E-state index is 13.1. The van der Waals surface area contributed by atoms with E-state index in [1.165, 1.54) is 29.7 Å². The lowest BCUT2D eigenvalue weighted by Gasteiger charge is -2.22. The molecule has 0 amide bonds. The van der Waals surface area contributed by atoms with Crippen LogP contribution in [0.4, 0.5) is 5.69 Å². The van der Waals surface area contributed by atoms with Crippen molar-refractivity contribution in [2.24, 2.45) is 5.92 Å². The van der Waals surface area contributed by atoms with Crippen LogP contribution in [0.1, 0.15) is 46.3 Å². The zero-order valence-corrected chi connectivity index (χ0v) is 15.9. The molecule has 5 rings (SSSR count). The van der Waals surface area contributed by atoms with Crippen molar-refractivity contribution in [2.45, 2.75) is 32.6 Å². The Labute approximate surface area is 161 Å². The first kappa shape index (κ1) is 16.6. The number of carbonyl (C=O) groups is 1. The molecule has 0 unspecified atom stereocenters. The molecule has 3 heterocycles. The maximum Gasteiger partial charge on any atom is 0.231 e. The monoisotopic (exact) mass is 380 g/mol. The van der Waals surface area contributed by atoms with Crippen LogP contribution in [0.15, 0.2) is 24.3 Å². The number of nitrogens with zero attached hydrogens (tertiary/aromatic N) is 1. The number of carbonyl (C=O) groups excluding carboxylic acids is 1. The number of fused-ring (bicyclic) bond motifs is 3. The van der Waals surface area contributed by atoms with Crippen molar-refractivity contribution < 1.29 is 14.3 Å². The van der Waals surface area contributed by atoms with Crippen LogP contribution in [-0.2, 0) is 12.8 Å².